The Balaban J connectivity index is 1.65. The van der Waals surface area contributed by atoms with Crippen LogP contribution in [0.25, 0.3) is 0 Å². The molecule has 0 atom stereocenters. The summed E-state index contributed by atoms with van der Waals surface area (Å²) in [6, 6.07) is 0. The van der Waals surface area contributed by atoms with Gasteiger partial charge in [-0.25, -0.2) is 0 Å². The molecule has 0 saturated carbocycles. The van der Waals surface area contributed by atoms with E-state index in [9.17, 15) is 28.8 Å². The highest BCUT2D eigenvalue weighted by Crippen LogP contribution is 2.13. The molecule has 0 aromatic heterocycles. The number of hydrogen-bond acceptors (Lipinski definition) is 12. The third kappa shape index (κ3) is 13.5. The molecule has 2 saturated heterocycles. The summed E-state index contributed by atoms with van der Waals surface area (Å²) in [7, 11) is 0. The van der Waals surface area contributed by atoms with Gasteiger partial charge >= 0.3 is 30.3 Å². The third-order valence-electron chi connectivity index (χ3n) is 5.15. The van der Waals surface area contributed by atoms with Crippen LogP contribution in [0, 0.1) is 0 Å². The minimum Gasteiger partial charge on any atom is -0.551 e. The third-order valence-corrected chi connectivity index (χ3v) is 7.88. The van der Waals surface area contributed by atoms with Crippen molar-refractivity contribution < 1.29 is 51.5 Å². The van der Waals surface area contributed by atoms with Crippen molar-refractivity contribution in [2.75, 3.05) is 0 Å². The van der Waals surface area contributed by atoms with Crippen molar-refractivity contribution in [3.8, 4) is 0 Å². The maximum Gasteiger partial charge on any atom is 1.20 e. The number of carbonyl (C=O) groups excluding carboxylic acids is 6. The largest absolute Gasteiger partial charge is 1.20 e. The van der Waals surface area contributed by atoms with E-state index in [4.69, 9.17) is 22.7 Å². The van der Waals surface area contributed by atoms with Gasteiger partial charge in [0.1, 0.15) is 0 Å². The first-order valence-electron chi connectivity index (χ1n) is 12.0. The Labute approximate surface area is 213 Å². The number of rotatable bonds is 8. The monoisotopic (exact) mass is 528 g/mol. The lowest BCUT2D eigenvalue weighted by atomic mass is 10.1. The molecular formula is C21H30Al2O12. The second kappa shape index (κ2) is 16.5. The summed E-state index contributed by atoms with van der Waals surface area (Å²) >= 11 is -6.49. The van der Waals surface area contributed by atoms with E-state index in [2.05, 4.69) is 0 Å². The average Bonchev–Trinajstić information content (AvgIpc) is 2.77. The van der Waals surface area contributed by atoms with Crippen molar-refractivity contribution in [1.82, 2.24) is 0 Å². The SMILES string of the molecule is O=C1CCCCCC(=O)[O][Al]([O]C(=O)CCCCCC(=O)[O][Al]2[O]C(=O)CCCCCC(=O)[O]2)[O]1. The minimum atomic E-state index is -3.24. The summed E-state index contributed by atoms with van der Waals surface area (Å²) in [5, 5.41) is 0. The normalized spacial score (nSPS) is 18.4. The first-order chi connectivity index (χ1) is 16.8. The average molecular weight is 528 g/mol. The molecular weight excluding hydrogens is 498 g/mol. The summed E-state index contributed by atoms with van der Waals surface area (Å²) < 4.78 is 30.3. The molecule has 2 fully saturated rings. The van der Waals surface area contributed by atoms with Crippen LogP contribution in [0.3, 0.4) is 0 Å². The summed E-state index contributed by atoms with van der Waals surface area (Å²) in [4.78, 5) is 71.1. The number of unbranched alkanes of at least 4 members (excludes halogenated alkanes) is 2. The van der Waals surface area contributed by atoms with Crippen LogP contribution in [0.2, 0.25) is 0 Å². The van der Waals surface area contributed by atoms with E-state index in [1.54, 1.807) is 0 Å². The van der Waals surface area contributed by atoms with E-state index in [1.165, 1.54) is 0 Å². The molecule has 192 valence electrons. The van der Waals surface area contributed by atoms with Crippen LogP contribution >= 0.6 is 0 Å². The molecule has 2 heterocycles. The molecule has 0 spiro atoms. The lowest BCUT2D eigenvalue weighted by Crippen LogP contribution is -2.35. The van der Waals surface area contributed by atoms with E-state index in [0.29, 0.717) is 57.8 Å². The maximum atomic E-state index is 12.1. The Morgan fingerprint density at radius 1 is 0.543 bits per heavy atom. The van der Waals surface area contributed by atoms with Crippen molar-refractivity contribution in [2.45, 2.75) is 96.3 Å². The fraction of sp³-hybridized carbons (Fsp3) is 0.714. The Morgan fingerprint density at radius 3 is 1.17 bits per heavy atom. The second-order valence-corrected chi connectivity index (χ2v) is 10.8. The van der Waals surface area contributed by atoms with Crippen LogP contribution < -0.4 is 0 Å². The zero-order chi connectivity index (χ0) is 25.5. The lowest BCUT2D eigenvalue weighted by molar-refractivity contribution is -0.151. The van der Waals surface area contributed by atoms with Gasteiger partial charge in [0.15, 0.2) is 0 Å². The van der Waals surface area contributed by atoms with Gasteiger partial charge in [0, 0.05) is 38.5 Å². The summed E-state index contributed by atoms with van der Waals surface area (Å²) in [6.45, 7) is 0. The molecule has 2 rings (SSSR count). The van der Waals surface area contributed by atoms with Crippen LogP contribution in [-0.4, -0.2) is 66.1 Å². The van der Waals surface area contributed by atoms with Crippen molar-refractivity contribution >= 4 is 66.1 Å². The predicted octanol–water partition coefficient (Wildman–Crippen LogP) is 2.09. The Hall–Kier alpha value is -2.12. The lowest BCUT2D eigenvalue weighted by Gasteiger charge is -2.15. The summed E-state index contributed by atoms with van der Waals surface area (Å²) in [5.41, 5.74) is 0. The Bertz CT molecular complexity index is 669. The Morgan fingerprint density at radius 2 is 0.857 bits per heavy atom. The van der Waals surface area contributed by atoms with Crippen LogP contribution in [0.4, 0.5) is 0 Å². The predicted molar refractivity (Wildman–Crippen MR) is 117 cm³/mol. The molecule has 0 aromatic carbocycles. The Kier molecular flexibility index (Phi) is 13.8. The highest BCUT2D eigenvalue weighted by Gasteiger charge is 2.49. The summed E-state index contributed by atoms with van der Waals surface area (Å²) in [5.74, 6) is -3.54. The molecule has 2 aliphatic rings. The molecule has 0 aliphatic carbocycles. The van der Waals surface area contributed by atoms with E-state index in [-0.39, 0.29) is 38.5 Å². The molecule has 0 bridgehead atoms. The van der Waals surface area contributed by atoms with Crippen molar-refractivity contribution in [3.05, 3.63) is 0 Å². The molecule has 35 heavy (non-hydrogen) atoms. The highest BCUT2D eigenvalue weighted by molar-refractivity contribution is 6.44. The van der Waals surface area contributed by atoms with Gasteiger partial charge < -0.3 is 22.7 Å². The van der Waals surface area contributed by atoms with Crippen molar-refractivity contribution in [3.63, 3.8) is 0 Å². The van der Waals surface area contributed by atoms with Gasteiger partial charge in [-0.2, -0.15) is 0 Å². The van der Waals surface area contributed by atoms with Gasteiger partial charge in [0.05, 0.1) is 0 Å². The molecule has 12 nitrogen and oxygen atoms in total. The molecule has 2 aliphatic heterocycles. The van der Waals surface area contributed by atoms with E-state index < -0.39 is 66.1 Å². The zero-order valence-electron chi connectivity index (χ0n) is 19.7. The van der Waals surface area contributed by atoms with Gasteiger partial charge in [-0.05, 0) is 38.5 Å². The first kappa shape index (κ1) is 29.1. The van der Waals surface area contributed by atoms with Crippen LogP contribution in [0.15, 0.2) is 0 Å². The van der Waals surface area contributed by atoms with Crippen LogP contribution in [0.1, 0.15) is 96.3 Å². The molecule has 14 heteroatoms. The molecule has 0 N–H and O–H groups in total. The number of carbonyl (C=O) groups is 6. The van der Waals surface area contributed by atoms with Crippen LogP contribution in [-0.2, 0) is 51.5 Å². The van der Waals surface area contributed by atoms with Crippen LogP contribution in [0.5, 0.6) is 0 Å². The molecule has 0 radical (unpaired) electrons. The first-order valence-corrected chi connectivity index (χ1v) is 14.8. The van der Waals surface area contributed by atoms with Gasteiger partial charge in [0.25, 0.3) is 35.8 Å². The van der Waals surface area contributed by atoms with Gasteiger partial charge in [-0.3, -0.25) is 28.8 Å². The van der Waals surface area contributed by atoms with Gasteiger partial charge in [0.2, 0.25) is 0 Å². The van der Waals surface area contributed by atoms with E-state index in [1.807, 2.05) is 0 Å². The fourth-order valence-corrected chi connectivity index (χ4v) is 5.57. The van der Waals surface area contributed by atoms with E-state index in [0.717, 1.165) is 0 Å². The quantitative estimate of drug-likeness (QED) is 0.334. The smallest absolute Gasteiger partial charge is 0.551 e. The molecule has 0 unspecified atom stereocenters. The standard InChI is InChI=1S/3C7H12O4.2Al/c3*8-6(9)4-2-1-3-5-7(10)11;;/h3*1-5H2,(H,8,9)(H,10,11);;/q;;;2*+3/p-6. The van der Waals surface area contributed by atoms with Crippen molar-refractivity contribution in [1.29, 1.82) is 0 Å². The van der Waals surface area contributed by atoms with E-state index >= 15 is 0 Å². The fourth-order valence-electron chi connectivity index (χ4n) is 3.29. The maximum absolute atomic E-state index is 12.1. The minimum absolute atomic E-state index is 0.0136. The summed E-state index contributed by atoms with van der Waals surface area (Å²) in [6.07, 6.45) is 5.71. The van der Waals surface area contributed by atoms with Gasteiger partial charge in [-0.1, -0.05) is 19.3 Å². The molecule has 0 aromatic rings. The topological polar surface area (TPSA) is 158 Å². The highest BCUT2D eigenvalue weighted by atomic mass is 27.3. The van der Waals surface area contributed by atoms with Crippen molar-refractivity contribution in [2.24, 2.45) is 0 Å². The number of hydrogen-bond donors (Lipinski definition) is 0. The zero-order valence-corrected chi connectivity index (χ0v) is 22.0. The van der Waals surface area contributed by atoms with Gasteiger partial charge in [-0.15, -0.1) is 0 Å². The molecule has 0 amide bonds. The second-order valence-electron chi connectivity index (χ2n) is 8.20.